The zero-order valence-electron chi connectivity index (χ0n) is 24.1. The quantitative estimate of drug-likeness (QED) is 0.104. The van der Waals surface area contributed by atoms with Crippen molar-refractivity contribution in [1.29, 1.82) is 0 Å². The molecule has 0 spiro atoms. The van der Waals surface area contributed by atoms with Crippen LogP contribution in [-0.2, 0) is 0 Å². The van der Waals surface area contributed by atoms with Crippen LogP contribution in [0.5, 0.6) is 0 Å². The van der Waals surface area contributed by atoms with E-state index in [1.165, 1.54) is 174 Å². The molecule has 0 aliphatic heterocycles. The van der Waals surface area contributed by atoms with Crippen LogP contribution in [0, 0.1) is 5.92 Å². The van der Waals surface area contributed by atoms with E-state index in [4.69, 9.17) is 0 Å². The Bertz CT molecular complexity index is 323. The van der Waals surface area contributed by atoms with Crippen molar-refractivity contribution < 1.29 is 0 Å². The van der Waals surface area contributed by atoms with Crippen LogP contribution in [0.2, 0.25) is 0 Å². The van der Waals surface area contributed by atoms with Crippen molar-refractivity contribution in [2.45, 2.75) is 182 Å². The summed E-state index contributed by atoms with van der Waals surface area (Å²) in [5.74, 6) is 0.893. The van der Waals surface area contributed by atoms with Gasteiger partial charge in [0.2, 0.25) is 0 Å². The molecule has 0 amide bonds. The van der Waals surface area contributed by atoms with E-state index in [1.54, 1.807) is 0 Å². The average Bonchev–Trinajstić information content (AvgIpc) is 2.80. The smallest absolute Gasteiger partial charge is 0.00187 e. The molecular weight excluding hydrogens is 398 g/mol. The summed E-state index contributed by atoms with van der Waals surface area (Å²) in [5, 5.41) is 0. The number of unbranched alkanes of at least 4 members (excludes halogenated alkanes) is 20. The molecule has 0 bridgehead atoms. The van der Waals surface area contributed by atoms with Crippen LogP contribution in [0.3, 0.4) is 0 Å². The van der Waals surface area contributed by atoms with Gasteiger partial charge < -0.3 is 4.90 Å². The van der Waals surface area contributed by atoms with Crippen LogP contribution in [0.15, 0.2) is 0 Å². The fraction of sp³-hybridized carbons (Fsp3) is 1.00. The van der Waals surface area contributed by atoms with E-state index in [2.05, 4.69) is 32.6 Å². The van der Waals surface area contributed by atoms with Crippen LogP contribution >= 0.6 is 0 Å². The predicted octanol–water partition coefficient (Wildman–Crippen LogP) is 11.3. The molecule has 0 rings (SSSR count). The van der Waals surface area contributed by atoms with Gasteiger partial charge in [0, 0.05) is 0 Å². The highest BCUT2D eigenvalue weighted by Crippen LogP contribution is 2.15. The normalized spacial score (nSPS) is 11.8. The van der Waals surface area contributed by atoms with E-state index in [0.29, 0.717) is 0 Å². The van der Waals surface area contributed by atoms with Gasteiger partial charge in [-0.15, -0.1) is 0 Å². The van der Waals surface area contributed by atoms with Crippen molar-refractivity contribution >= 4 is 0 Å². The molecule has 1 nitrogen and oxygen atoms in total. The van der Waals surface area contributed by atoms with Gasteiger partial charge in [-0.25, -0.2) is 0 Å². The van der Waals surface area contributed by atoms with Gasteiger partial charge >= 0.3 is 0 Å². The summed E-state index contributed by atoms with van der Waals surface area (Å²) in [6.45, 7) is 13.4. The van der Waals surface area contributed by atoms with Crippen molar-refractivity contribution in [3.8, 4) is 0 Å². The second kappa shape index (κ2) is 28.2. The maximum absolute atomic E-state index is 2.81. The summed E-state index contributed by atoms with van der Waals surface area (Å²) >= 11 is 0. The molecule has 0 atom stereocenters. The third-order valence-corrected chi connectivity index (χ3v) is 7.41. The van der Waals surface area contributed by atoms with E-state index < -0.39 is 0 Å². The molecule has 0 aromatic heterocycles. The Morgan fingerprint density at radius 1 is 0.364 bits per heavy atom. The van der Waals surface area contributed by atoms with E-state index in [-0.39, 0.29) is 0 Å². The summed E-state index contributed by atoms with van der Waals surface area (Å²) in [7, 11) is 0. The lowest BCUT2D eigenvalue weighted by Crippen LogP contribution is -2.27. The topological polar surface area (TPSA) is 3.24 Å². The molecule has 0 N–H and O–H groups in total. The summed E-state index contributed by atoms with van der Waals surface area (Å²) in [5.41, 5.74) is 0. The summed E-state index contributed by atoms with van der Waals surface area (Å²) in [6.07, 6.45) is 34.7. The van der Waals surface area contributed by atoms with E-state index >= 15 is 0 Å². The molecule has 0 aromatic carbocycles. The first-order valence-electron chi connectivity index (χ1n) is 15.9. The van der Waals surface area contributed by atoms with Gasteiger partial charge in [0.05, 0.1) is 0 Å². The molecule has 0 saturated heterocycles. The first-order valence-corrected chi connectivity index (χ1v) is 15.9. The molecule has 200 valence electrons. The number of rotatable bonds is 28. The van der Waals surface area contributed by atoms with Crippen LogP contribution < -0.4 is 0 Å². The number of nitrogens with zero attached hydrogens (tertiary/aromatic N) is 1. The highest BCUT2D eigenvalue weighted by atomic mass is 15.1. The third kappa shape index (κ3) is 28.1. The first kappa shape index (κ1) is 33.0. The lowest BCUT2D eigenvalue weighted by Gasteiger charge is -2.22. The van der Waals surface area contributed by atoms with Crippen molar-refractivity contribution in [3.63, 3.8) is 0 Å². The molecule has 0 fully saturated rings. The number of hydrogen-bond donors (Lipinski definition) is 0. The van der Waals surface area contributed by atoms with E-state index in [1.807, 2.05) is 0 Å². The summed E-state index contributed by atoms with van der Waals surface area (Å²) < 4.78 is 0. The SMILES string of the molecule is CCCCCCCN(CCCCCCC)CCCCCCCCCCCCCCCC(C)C. The fourth-order valence-corrected chi connectivity index (χ4v) is 5.05. The monoisotopic (exact) mass is 466 g/mol. The van der Waals surface area contributed by atoms with Gasteiger partial charge in [-0.2, -0.15) is 0 Å². The minimum absolute atomic E-state index is 0.893. The van der Waals surface area contributed by atoms with Gasteiger partial charge in [0.1, 0.15) is 0 Å². The minimum atomic E-state index is 0.893. The molecule has 1 heteroatoms. The van der Waals surface area contributed by atoms with Gasteiger partial charge in [-0.05, 0) is 44.8 Å². The zero-order chi connectivity index (χ0) is 24.2. The lowest BCUT2D eigenvalue weighted by molar-refractivity contribution is 0.254. The molecule has 0 heterocycles. The molecule has 33 heavy (non-hydrogen) atoms. The Morgan fingerprint density at radius 3 is 0.939 bits per heavy atom. The van der Waals surface area contributed by atoms with Crippen LogP contribution in [0.4, 0.5) is 0 Å². The highest BCUT2D eigenvalue weighted by Gasteiger charge is 2.05. The average molecular weight is 466 g/mol. The van der Waals surface area contributed by atoms with Crippen molar-refractivity contribution in [3.05, 3.63) is 0 Å². The fourth-order valence-electron chi connectivity index (χ4n) is 5.05. The van der Waals surface area contributed by atoms with Crippen molar-refractivity contribution in [2.24, 2.45) is 5.92 Å². The maximum Gasteiger partial charge on any atom is -0.00187 e. The number of hydrogen-bond acceptors (Lipinski definition) is 1. The standard InChI is InChI=1S/C32H67N/c1-5-7-9-21-25-29-33(30-26-22-10-8-6-2)31-27-23-19-17-15-13-11-12-14-16-18-20-24-28-32(3)4/h32H,5-31H2,1-4H3. The van der Waals surface area contributed by atoms with Gasteiger partial charge in [-0.1, -0.05) is 163 Å². The van der Waals surface area contributed by atoms with Gasteiger partial charge in [0.15, 0.2) is 0 Å². The Hall–Kier alpha value is -0.0400. The maximum atomic E-state index is 2.81. The van der Waals surface area contributed by atoms with Crippen LogP contribution in [0.1, 0.15) is 182 Å². The predicted molar refractivity (Wildman–Crippen MR) is 153 cm³/mol. The molecule has 0 aromatic rings. The van der Waals surface area contributed by atoms with E-state index in [9.17, 15) is 0 Å². The highest BCUT2D eigenvalue weighted by molar-refractivity contribution is 4.60. The second-order valence-electron chi connectivity index (χ2n) is 11.4. The molecule has 0 unspecified atom stereocenters. The molecule has 0 radical (unpaired) electrons. The van der Waals surface area contributed by atoms with Crippen molar-refractivity contribution in [2.75, 3.05) is 19.6 Å². The van der Waals surface area contributed by atoms with E-state index in [0.717, 1.165) is 5.92 Å². The van der Waals surface area contributed by atoms with Gasteiger partial charge in [0.25, 0.3) is 0 Å². The zero-order valence-corrected chi connectivity index (χ0v) is 24.1. The Labute approximate surface area is 212 Å². The van der Waals surface area contributed by atoms with Crippen LogP contribution in [-0.4, -0.2) is 24.5 Å². The minimum Gasteiger partial charge on any atom is -0.303 e. The summed E-state index contributed by atoms with van der Waals surface area (Å²) in [6, 6.07) is 0. The summed E-state index contributed by atoms with van der Waals surface area (Å²) in [4.78, 5) is 2.81. The van der Waals surface area contributed by atoms with Crippen molar-refractivity contribution in [1.82, 2.24) is 4.90 Å². The Balaban J connectivity index is 3.56. The Kier molecular flexibility index (Phi) is 28.2. The second-order valence-corrected chi connectivity index (χ2v) is 11.4. The largest absolute Gasteiger partial charge is 0.303 e. The lowest BCUT2D eigenvalue weighted by atomic mass is 10.0. The molecule has 0 aliphatic carbocycles. The third-order valence-electron chi connectivity index (χ3n) is 7.41. The molecule has 0 aliphatic rings. The first-order chi connectivity index (χ1) is 16.2. The molecular formula is C32H67N. The van der Waals surface area contributed by atoms with Gasteiger partial charge in [-0.3, -0.25) is 0 Å². The molecule has 0 saturated carbocycles. The Morgan fingerprint density at radius 2 is 0.636 bits per heavy atom. The van der Waals surface area contributed by atoms with Crippen LogP contribution in [0.25, 0.3) is 0 Å².